The van der Waals surface area contributed by atoms with Crippen LogP contribution in [0.3, 0.4) is 0 Å². The standard InChI is InChI=1S/C16H20N2O4S/c1-11-16(12(2)22-18-11)23(19,20)17-10-13-7-8-21-15-6-4-3-5-14(15)9-13/h3-6,13,17H,7-10H2,1-2H3. The number of ether oxygens (including phenoxy) is 1. The molecule has 124 valence electrons. The van der Waals surface area contributed by atoms with Crippen molar-refractivity contribution < 1.29 is 17.7 Å². The third kappa shape index (κ3) is 3.40. The van der Waals surface area contributed by atoms with E-state index >= 15 is 0 Å². The molecule has 0 bridgehead atoms. The molecule has 1 aliphatic heterocycles. The van der Waals surface area contributed by atoms with Crippen molar-refractivity contribution in [3.63, 3.8) is 0 Å². The fourth-order valence-corrected chi connectivity index (χ4v) is 4.34. The zero-order valence-electron chi connectivity index (χ0n) is 13.2. The number of fused-ring (bicyclic) bond motifs is 1. The lowest BCUT2D eigenvalue weighted by Crippen LogP contribution is -2.31. The average molecular weight is 336 g/mol. The second kappa shape index (κ2) is 6.33. The minimum Gasteiger partial charge on any atom is -0.493 e. The highest BCUT2D eigenvalue weighted by Crippen LogP contribution is 2.26. The van der Waals surface area contributed by atoms with Crippen molar-refractivity contribution in [3.05, 3.63) is 41.3 Å². The maximum absolute atomic E-state index is 12.5. The number of benzene rings is 1. The molecular formula is C16H20N2O4S. The highest BCUT2D eigenvalue weighted by molar-refractivity contribution is 7.89. The van der Waals surface area contributed by atoms with E-state index in [4.69, 9.17) is 9.26 Å². The molecule has 1 aromatic carbocycles. The molecule has 6 nitrogen and oxygen atoms in total. The van der Waals surface area contributed by atoms with Crippen molar-refractivity contribution in [1.82, 2.24) is 9.88 Å². The van der Waals surface area contributed by atoms with Gasteiger partial charge in [0.2, 0.25) is 10.0 Å². The largest absolute Gasteiger partial charge is 0.493 e. The quantitative estimate of drug-likeness (QED) is 0.926. The van der Waals surface area contributed by atoms with Crippen LogP contribution in [0.5, 0.6) is 5.75 Å². The molecule has 23 heavy (non-hydrogen) atoms. The second-order valence-electron chi connectivity index (χ2n) is 5.82. The molecule has 3 rings (SSSR count). The number of nitrogens with zero attached hydrogens (tertiary/aromatic N) is 1. The first kappa shape index (κ1) is 16.0. The van der Waals surface area contributed by atoms with E-state index < -0.39 is 10.0 Å². The van der Waals surface area contributed by atoms with Crippen LogP contribution < -0.4 is 9.46 Å². The van der Waals surface area contributed by atoms with E-state index in [0.717, 1.165) is 24.2 Å². The highest BCUT2D eigenvalue weighted by atomic mass is 32.2. The number of hydrogen-bond acceptors (Lipinski definition) is 5. The summed E-state index contributed by atoms with van der Waals surface area (Å²) in [4.78, 5) is 0.141. The number of hydrogen-bond donors (Lipinski definition) is 1. The zero-order chi connectivity index (χ0) is 16.4. The van der Waals surface area contributed by atoms with Gasteiger partial charge in [-0.3, -0.25) is 0 Å². The maximum Gasteiger partial charge on any atom is 0.245 e. The summed E-state index contributed by atoms with van der Waals surface area (Å²) in [5.41, 5.74) is 1.50. The van der Waals surface area contributed by atoms with Crippen molar-refractivity contribution >= 4 is 10.0 Å². The summed E-state index contributed by atoms with van der Waals surface area (Å²) in [7, 11) is -3.61. The van der Waals surface area contributed by atoms with Crippen molar-refractivity contribution in [1.29, 1.82) is 0 Å². The molecular weight excluding hydrogens is 316 g/mol. The van der Waals surface area contributed by atoms with Gasteiger partial charge in [-0.15, -0.1) is 0 Å². The Morgan fingerprint density at radius 2 is 2.09 bits per heavy atom. The molecule has 0 radical (unpaired) electrons. The van der Waals surface area contributed by atoms with Gasteiger partial charge < -0.3 is 9.26 Å². The molecule has 0 amide bonds. The maximum atomic E-state index is 12.5. The molecule has 1 aliphatic rings. The summed E-state index contributed by atoms with van der Waals surface area (Å²) in [6.07, 6.45) is 1.60. The van der Waals surface area contributed by atoms with Gasteiger partial charge in [-0.2, -0.15) is 0 Å². The van der Waals surface area contributed by atoms with Gasteiger partial charge in [-0.05, 0) is 44.2 Å². The molecule has 0 fully saturated rings. The predicted molar refractivity (Wildman–Crippen MR) is 84.9 cm³/mol. The third-order valence-corrected chi connectivity index (χ3v) is 5.73. The number of sulfonamides is 1. The van der Waals surface area contributed by atoms with Crippen molar-refractivity contribution in [3.8, 4) is 5.75 Å². The fraction of sp³-hybridized carbons (Fsp3) is 0.438. The molecule has 0 spiro atoms. The first-order valence-electron chi connectivity index (χ1n) is 7.60. The Morgan fingerprint density at radius 1 is 1.30 bits per heavy atom. The Balaban J connectivity index is 1.71. The molecule has 0 saturated heterocycles. The molecule has 1 atom stereocenters. The molecule has 1 aromatic heterocycles. The second-order valence-corrected chi connectivity index (χ2v) is 7.52. The Bertz CT molecular complexity index is 779. The van der Waals surface area contributed by atoms with Crippen molar-refractivity contribution in [2.75, 3.05) is 13.2 Å². The van der Waals surface area contributed by atoms with Gasteiger partial charge in [-0.25, -0.2) is 13.1 Å². The molecule has 2 heterocycles. The zero-order valence-corrected chi connectivity index (χ0v) is 14.0. The predicted octanol–water partition coefficient (Wildman–Crippen LogP) is 2.21. The van der Waals surface area contributed by atoms with Gasteiger partial charge >= 0.3 is 0 Å². The van der Waals surface area contributed by atoms with Crippen LogP contribution in [0.2, 0.25) is 0 Å². The lowest BCUT2D eigenvalue weighted by atomic mass is 9.97. The number of aryl methyl sites for hydroxylation is 2. The van der Waals surface area contributed by atoms with E-state index in [1.807, 2.05) is 24.3 Å². The Morgan fingerprint density at radius 3 is 2.83 bits per heavy atom. The SMILES string of the molecule is Cc1noc(C)c1S(=O)(=O)NCC1CCOc2ccccc2C1. The van der Waals surface area contributed by atoms with Crippen LogP contribution in [0.1, 0.15) is 23.4 Å². The van der Waals surface area contributed by atoms with Gasteiger partial charge in [0.15, 0.2) is 5.76 Å². The van der Waals surface area contributed by atoms with Crippen LogP contribution in [-0.4, -0.2) is 26.7 Å². The van der Waals surface area contributed by atoms with Crippen LogP contribution in [0, 0.1) is 19.8 Å². The first-order chi connectivity index (χ1) is 11.0. The molecule has 1 unspecified atom stereocenters. The third-order valence-electron chi connectivity index (χ3n) is 4.06. The van der Waals surface area contributed by atoms with E-state index in [9.17, 15) is 8.42 Å². The van der Waals surface area contributed by atoms with Crippen molar-refractivity contribution in [2.45, 2.75) is 31.6 Å². The summed E-state index contributed by atoms with van der Waals surface area (Å²) >= 11 is 0. The summed E-state index contributed by atoms with van der Waals surface area (Å²) in [5.74, 6) is 1.39. The molecule has 2 aromatic rings. The van der Waals surface area contributed by atoms with E-state index in [1.54, 1.807) is 13.8 Å². The lowest BCUT2D eigenvalue weighted by molar-refractivity contribution is 0.294. The minimum absolute atomic E-state index is 0.141. The summed E-state index contributed by atoms with van der Waals surface area (Å²) in [5, 5.41) is 3.71. The van der Waals surface area contributed by atoms with E-state index in [1.165, 1.54) is 0 Å². The summed E-state index contributed by atoms with van der Waals surface area (Å²) < 4.78 is 38.3. The van der Waals surface area contributed by atoms with Crippen LogP contribution in [0.15, 0.2) is 33.7 Å². The Kier molecular flexibility index (Phi) is 4.41. The van der Waals surface area contributed by atoms with Gasteiger partial charge in [-0.1, -0.05) is 23.4 Å². The number of nitrogens with one attached hydrogen (secondary N) is 1. The Hall–Kier alpha value is -1.86. The number of rotatable bonds is 4. The Labute approximate surface area is 135 Å². The first-order valence-corrected chi connectivity index (χ1v) is 9.09. The van der Waals surface area contributed by atoms with E-state index in [0.29, 0.717) is 24.6 Å². The van der Waals surface area contributed by atoms with Crippen LogP contribution in [0.25, 0.3) is 0 Å². The van der Waals surface area contributed by atoms with Crippen molar-refractivity contribution in [2.24, 2.45) is 5.92 Å². The van der Waals surface area contributed by atoms with E-state index in [-0.39, 0.29) is 10.8 Å². The average Bonchev–Trinajstić information content (AvgIpc) is 2.74. The molecule has 1 N–H and O–H groups in total. The van der Waals surface area contributed by atoms with Gasteiger partial charge in [0, 0.05) is 6.54 Å². The van der Waals surface area contributed by atoms with Gasteiger partial charge in [0.05, 0.1) is 6.61 Å². The van der Waals surface area contributed by atoms with Crippen LogP contribution in [0.4, 0.5) is 0 Å². The minimum atomic E-state index is -3.61. The fourth-order valence-electron chi connectivity index (χ4n) is 2.89. The molecule has 0 saturated carbocycles. The van der Waals surface area contributed by atoms with Gasteiger partial charge in [0.25, 0.3) is 0 Å². The van der Waals surface area contributed by atoms with E-state index in [2.05, 4.69) is 9.88 Å². The molecule has 7 heteroatoms. The van der Waals surface area contributed by atoms with Crippen LogP contribution >= 0.6 is 0 Å². The van der Waals surface area contributed by atoms with Crippen LogP contribution in [-0.2, 0) is 16.4 Å². The number of para-hydroxylation sites is 1. The smallest absolute Gasteiger partial charge is 0.245 e. The molecule has 0 aliphatic carbocycles. The monoisotopic (exact) mass is 336 g/mol. The number of aromatic nitrogens is 1. The summed E-state index contributed by atoms with van der Waals surface area (Å²) in [6, 6.07) is 7.89. The lowest BCUT2D eigenvalue weighted by Gasteiger charge is -2.14. The summed E-state index contributed by atoms with van der Waals surface area (Å²) in [6.45, 7) is 4.18. The van der Waals surface area contributed by atoms with Gasteiger partial charge in [0.1, 0.15) is 16.3 Å². The normalized spacial score (nSPS) is 18.1. The highest BCUT2D eigenvalue weighted by Gasteiger charge is 2.26. The topological polar surface area (TPSA) is 81.4 Å².